The first kappa shape index (κ1) is 33.4. The van der Waals surface area contributed by atoms with Crippen molar-refractivity contribution in [3.8, 4) is 5.75 Å². The van der Waals surface area contributed by atoms with Gasteiger partial charge in [-0.1, -0.05) is 61.6 Å². The number of carbonyl (C=O) groups is 4. The van der Waals surface area contributed by atoms with E-state index in [-0.39, 0.29) is 31.4 Å². The highest BCUT2D eigenvalue weighted by Crippen LogP contribution is 2.54. The molecule has 11 heteroatoms. The summed E-state index contributed by atoms with van der Waals surface area (Å²) >= 11 is 0. The second-order valence-electron chi connectivity index (χ2n) is 12.9. The van der Waals surface area contributed by atoms with E-state index >= 15 is 0 Å². The molecule has 2 saturated heterocycles. The van der Waals surface area contributed by atoms with Gasteiger partial charge < -0.3 is 34.0 Å². The number of carbonyl (C=O) groups excluding carboxylic acids is 4. The number of methoxy groups -OCH3 is 1. The molecule has 3 amide bonds. The van der Waals surface area contributed by atoms with Crippen LogP contribution < -0.4 is 9.64 Å². The molecule has 254 valence electrons. The van der Waals surface area contributed by atoms with Crippen molar-refractivity contribution in [2.24, 2.45) is 11.8 Å². The molecule has 8 atom stereocenters. The molecular weight excluding hydrogens is 614 g/mol. The van der Waals surface area contributed by atoms with Gasteiger partial charge in [-0.15, -0.1) is 0 Å². The number of hydrogen-bond donors (Lipinski definition) is 1. The van der Waals surface area contributed by atoms with Crippen LogP contribution in [0.5, 0.6) is 5.75 Å². The van der Waals surface area contributed by atoms with E-state index in [1.807, 2.05) is 44.2 Å². The number of allylic oxidation sites excluding steroid dienone is 1. The molecule has 0 bridgehead atoms. The summed E-state index contributed by atoms with van der Waals surface area (Å²) in [6.07, 6.45) is 6.35. The van der Waals surface area contributed by atoms with Crippen molar-refractivity contribution >= 4 is 29.4 Å². The number of aliphatic hydroxyl groups excluding tert-OH is 1. The highest BCUT2D eigenvalue weighted by atomic mass is 16.6. The highest BCUT2D eigenvalue weighted by molar-refractivity contribution is 6.05. The van der Waals surface area contributed by atoms with Crippen molar-refractivity contribution in [2.45, 2.75) is 69.0 Å². The van der Waals surface area contributed by atoms with Gasteiger partial charge in [0.25, 0.3) is 5.91 Å². The van der Waals surface area contributed by atoms with Crippen LogP contribution in [0.15, 0.2) is 78.9 Å². The minimum Gasteiger partial charge on any atom is -0.497 e. The number of likely N-dealkylation sites (N-methyl/N-ethyl adjacent to an activating group) is 1. The van der Waals surface area contributed by atoms with Crippen molar-refractivity contribution in [3.63, 3.8) is 0 Å². The molecule has 0 radical (unpaired) electrons. The second-order valence-corrected chi connectivity index (χ2v) is 12.9. The number of esters is 1. The lowest BCUT2D eigenvalue weighted by atomic mass is 9.77. The molecule has 2 aromatic rings. The van der Waals surface area contributed by atoms with Gasteiger partial charge >= 0.3 is 5.97 Å². The molecule has 2 fully saturated rings. The van der Waals surface area contributed by atoms with Gasteiger partial charge in [0.05, 0.1) is 37.8 Å². The molecule has 1 spiro atoms. The average Bonchev–Trinajstić information content (AvgIpc) is 3.50. The Labute approximate surface area is 280 Å². The van der Waals surface area contributed by atoms with Gasteiger partial charge in [-0.05, 0) is 49.6 Å². The SMILES string of the molecule is CC[C@@H](CO)N1C(=O)[C@H]2[C@@H]3C(=O)O[C@@H](c4ccccc4)[C@H](C)N(C)C(=O)CC/C=C\[C@@H]3O[C@]23C=CCN(c2ccc(OC)cc2)C(=O)[C@H]13. The van der Waals surface area contributed by atoms with E-state index < -0.39 is 59.6 Å². The van der Waals surface area contributed by atoms with E-state index in [1.54, 1.807) is 72.5 Å². The number of amides is 3. The van der Waals surface area contributed by atoms with E-state index in [2.05, 4.69) is 0 Å². The second kappa shape index (κ2) is 13.6. The number of benzene rings is 2. The maximum Gasteiger partial charge on any atom is 0.313 e. The van der Waals surface area contributed by atoms with Crippen molar-refractivity contribution in [2.75, 3.05) is 32.2 Å². The lowest BCUT2D eigenvalue weighted by Gasteiger charge is -2.38. The van der Waals surface area contributed by atoms with Gasteiger partial charge in [-0.25, -0.2) is 0 Å². The van der Waals surface area contributed by atoms with Gasteiger partial charge in [0.15, 0.2) is 0 Å². The number of cyclic esters (lactones) is 1. The van der Waals surface area contributed by atoms with E-state index in [1.165, 1.54) is 4.90 Å². The van der Waals surface area contributed by atoms with E-state index in [9.17, 15) is 24.3 Å². The van der Waals surface area contributed by atoms with Gasteiger partial charge in [0.2, 0.25) is 11.8 Å². The fourth-order valence-corrected chi connectivity index (χ4v) is 7.63. The number of anilines is 1. The third-order valence-corrected chi connectivity index (χ3v) is 10.3. The largest absolute Gasteiger partial charge is 0.497 e. The summed E-state index contributed by atoms with van der Waals surface area (Å²) in [5.41, 5.74) is -0.205. The molecular formula is C37H43N3O8. The van der Waals surface area contributed by atoms with Gasteiger partial charge in [0, 0.05) is 25.7 Å². The first-order valence-corrected chi connectivity index (χ1v) is 16.6. The molecule has 0 saturated carbocycles. The minimum atomic E-state index is -1.52. The Morgan fingerprint density at radius 3 is 2.42 bits per heavy atom. The van der Waals surface area contributed by atoms with Crippen LogP contribution in [0.4, 0.5) is 5.69 Å². The molecule has 6 rings (SSSR count). The number of likely N-dealkylation sites (tertiary alicyclic amines) is 1. The summed E-state index contributed by atoms with van der Waals surface area (Å²) in [6.45, 7) is 3.51. The number of ether oxygens (including phenoxy) is 3. The number of hydrogen-bond acceptors (Lipinski definition) is 8. The smallest absolute Gasteiger partial charge is 0.313 e. The van der Waals surface area contributed by atoms with Crippen molar-refractivity contribution in [3.05, 3.63) is 84.5 Å². The molecule has 0 aromatic heterocycles. The summed E-state index contributed by atoms with van der Waals surface area (Å²) in [5.74, 6) is -3.15. The maximum atomic E-state index is 14.7. The molecule has 4 heterocycles. The Balaban J connectivity index is 1.46. The molecule has 4 aliphatic rings. The van der Waals surface area contributed by atoms with Crippen LogP contribution in [0.1, 0.15) is 44.8 Å². The summed E-state index contributed by atoms with van der Waals surface area (Å²) in [6, 6.07) is 13.9. The van der Waals surface area contributed by atoms with Gasteiger partial charge in [0.1, 0.15) is 29.4 Å². The summed E-state index contributed by atoms with van der Waals surface area (Å²) < 4.78 is 18.4. The third kappa shape index (κ3) is 5.58. The van der Waals surface area contributed by atoms with E-state index in [4.69, 9.17) is 14.2 Å². The number of nitrogens with zero attached hydrogens (tertiary/aromatic N) is 3. The van der Waals surface area contributed by atoms with Crippen molar-refractivity contribution in [1.29, 1.82) is 0 Å². The predicted molar refractivity (Wildman–Crippen MR) is 177 cm³/mol. The van der Waals surface area contributed by atoms with Crippen LogP contribution >= 0.6 is 0 Å². The Hall–Kier alpha value is -4.48. The van der Waals surface area contributed by atoms with E-state index in [0.29, 0.717) is 29.8 Å². The first-order chi connectivity index (χ1) is 23.2. The highest BCUT2D eigenvalue weighted by Gasteiger charge is 2.72. The predicted octanol–water partition coefficient (Wildman–Crippen LogP) is 3.43. The van der Waals surface area contributed by atoms with Crippen LogP contribution in [0.25, 0.3) is 0 Å². The Bertz CT molecular complexity index is 1590. The van der Waals surface area contributed by atoms with Crippen LogP contribution in [0.2, 0.25) is 0 Å². The van der Waals surface area contributed by atoms with Crippen molar-refractivity contribution in [1.82, 2.24) is 9.80 Å². The molecule has 0 aliphatic carbocycles. The molecule has 48 heavy (non-hydrogen) atoms. The van der Waals surface area contributed by atoms with E-state index in [0.717, 1.165) is 0 Å². The summed E-state index contributed by atoms with van der Waals surface area (Å²) in [4.78, 5) is 61.7. The summed E-state index contributed by atoms with van der Waals surface area (Å²) in [5, 5.41) is 10.5. The lowest BCUT2D eigenvalue weighted by Crippen LogP contribution is -2.58. The molecule has 11 nitrogen and oxygen atoms in total. The van der Waals surface area contributed by atoms with Crippen molar-refractivity contribution < 1.29 is 38.5 Å². The summed E-state index contributed by atoms with van der Waals surface area (Å²) in [7, 11) is 3.26. The average molecular weight is 658 g/mol. The lowest BCUT2D eigenvalue weighted by molar-refractivity contribution is -0.164. The van der Waals surface area contributed by atoms with Crippen LogP contribution in [-0.2, 0) is 28.7 Å². The molecule has 0 unspecified atom stereocenters. The Morgan fingerprint density at radius 2 is 1.75 bits per heavy atom. The normalized spacial score (nSPS) is 32.0. The molecule has 1 N–H and O–H groups in total. The molecule has 4 aliphatic heterocycles. The quantitative estimate of drug-likeness (QED) is 0.370. The number of fused-ring (bicyclic) bond motifs is 2. The zero-order chi connectivity index (χ0) is 34.2. The zero-order valence-electron chi connectivity index (χ0n) is 27.7. The van der Waals surface area contributed by atoms with Gasteiger partial charge in [-0.3, -0.25) is 19.2 Å². The monoisotopic (exact) mass is 657 g/mol. The maximum absolute atomic E-state index is 14.7. The Morgan fingerprint density at radius 1 is 1.02 bits per heavy atom. The number of aliphatic hydroxyl groups is 1. The fraction of sp³-hybridized carbons (Fsp3) is 0.459. The first-order valence-electron chi connectivity index (χ1n) is 16.6. The standard InChI is InChI=1S/C37H43N3O8/c1-5-25(22-41)40-33-35(44)39(26-16-18-27(46-4)19-17-26)21-11-20-37(33)31(34(40)43)30-28(48-37)14-9-10-15-29(42)38(3)23(2)32(47-36(30)45)24-12-7-6-8-13-24/h6-9,11-14,16-20,23,25,28,30-33,41H,5,10,15,21-22H2,1-4H3/b14-9-/t23-,25-,28-,30+,31+,32+,33-,37+/m0/s1. The molecule has 2 aromatic carbocycles. The van der Waals surface area contributed by atoms with Crippen LogP contribution in [0.3, 0.4) is 0 Å². The van der Waals surface area contributed by atoms with Crippen LogP contribution in [-0.4, -0.2) is 95.7 Å². The third-order valence-electron chi connectivity index (χ3n) is 10.3. The van der Waals surface area contributed by atoms with Gasteiger partial charge in [-0.2, -0.15) is 0 Å². The zero-order valence-corrected chi connectivity index (χ0v) is 27.7. The minimum absolute atomic E-state index is 0.0968. The van der Waals surface area contributed by atoms with Crippen LogP contribution in [0, 0.1) is 11.8 Å². The Kier molecular flexibility index (Phi) is 9.44. The number of rotatable bonds is 6. The topological polar surface area (TPSA) is 126 Å². The fourth-order valence-electron chi connectivity index (χ4n) is 7.63.